The van der Waals surface area contributed by atoms with Crippen LogP contribution >= 0.6 is 0 Å². The van der Waals surface area contributed by atoms with Gasteiger partial charge in [0, 0.05) is 0 Å². The number of carboxylic acid groups (broad SMARTS) is 1. The van der Waals surface area contributed by atoms with Crippen LogP contribution in [0.5, 0.6) is 5.75 Å². The largest absolute Gasteiger partial charge is 0.506 e. The fourth-order valence-corrected chi connectivity index (χ4v) is 1.47. The molecule has 0 atom stereocenters. The van der Waals surface area contributed by atoms with Crippen molar-refractivity contribution in [3.63, 3.8) is 0 Å². The summed E-state index contributed by atoms with van der Waals surface area (Å²) in [7, 11) is 0. The number of phenols is 1. The summed E-state index contributed by atoms with van der Waals surface area (Å²) < 4.78 is 13.4. The van der Waals surface area contributed by atoms with Gasteiger partial charge in [-0.15, -0.1) is 0 Å². The number of hydrogen-bond donors (Lipinski definition) is 2. The summed E-state index contributed by atoms with van der Waals surface area (Å²) in [4.78, 5) is 22.2. The summed E-state index contributed by atoms with van der Waals surface area (Å²) in [6, 6.07) is 3.79. The van der Waals surface area contributed by atoms with Gasteiger partial charge >= 0.3 is 5.97 Å². The van der Waals surface area contributed by atoms with E-state index in [9.17, 15) is 19.2 Å². The lowest BCUT2D eigenvalue weighted by atomic mass is 10.1. The first kappa shape index (κ1) is 10.2. The summed E-state index contributed by atoms with van der Waals surface area (Å²) in [6.45, 7) is 0. The molecule has 2 N–H and O–H groups in total. The minimum Gasteiger partial charge on any atom is -0.506 e. The number of rotatable bonds is 1. The molecule has 1 heterocycles. The van der Waals surface area contributed by atoms with Crippen molar-refractivity contribution in [2.75, 3.05) is 0 Å². The Morgan fingerprint density at radius 3 is 2.69 bits per heavy atom. The number of benzene rings is 1. The molecule has 2 aromatic rings. The first-order valence-electron chi connectivity index (χ1n) is 4.29. The standard InChI is InChI=1S/C10H6FNO4/c11-12-4-6(10(15)16)9(14)5-2-1-3-7(13)8(5)12/h1-4,13H,(H,15,16). The molecule has 0 aliphatic heterocycles. The molecule has 0 aliphatic carbocycles. The molecule has 0 unspecified atom stereocenters. The molecule has 2 rings (SSSR count). The van der Waals surface area contributed by atoms with E-state index in [-0.39, 0.29) is 15.7 Å². The van der Waals surface area contributed by atoms with Gasteiger partial charge in [0.25, 0.3) is 0 Å². The maximum Gasteiger partial charge on any atom is 0.341 e. The van der Waals surface area contributed by atoms with E-state index in [1.807, 2.05) is 0 Å². The second-order valence-electron chi connectivity index (χ2n) is 3.16. The number of carboxylic acids is 1. The number of carbonyl (C=O) groups is 1. The molecule has 0 aliphatic rings. The van der Waals surface area contributed by atoms with Crippen LogP contribution in [0.25, 0.3) is 10.9 Å². The Bertz CT molecular complexity index is 647. The predicted molar refractivity (Wildman–Crippen MR) is 53.3 cm³/mol. The molecular formula is C10H6FNO4. The third-order valence-corrected chi connectivity index (χ3v) is 2.19. The number of nitrogens with zero attached hydrogens (tertiary/aromatic N) is 1. The number of pyridine rings is 1. The number of para-hydroxylation sites is 1. The van der Waals surface area contributed by atoms with Crippen LogP contribution in [-0.2, 0) is 0 Å². The Morgan fingerprint density at radius 2 is 2.06 bits per heavy atom. The zero-order valence-corrected chi connectivity index (χ0v) is 7.85. The topological polar surface area (TPSA) is 79.5 Å². The monoisotopic (exact) mass is 223 g/mol. The van der Waals surface area contributed by atoms with Gasteiger partial charge in [-0.3, -0.25) is 4.79 Å². The highest BCUT2D eigenvalue weighted by Gasteiger charge is 2.16. The van der Waals surface area contributed by atoms with Crippen LogP contribution in [0.2, 0.25) is 0 Å². The summed E-state index contributed by atoms with van der Waals surface area (Å²) in [5, 5.41) is 17.9. The van der Waals surface area contributed by atoms with E-state index in [1.165, 1.54) is 18.2 Å². The molecule has 0 amide bonds. The van der Waals surface area contributed by atoms with Gasteiger partial charge in [-0.1, -0.05) is 10.5 Å². The fraction of sp³-hybridized carbons (Fsp3) is 0. The number of phenolic OH excluding ortho intramolecular Hbond substituents is 1. The number of halogens is 1. The van der Waals surface area contributed by atoms with Crippen LogP contribution in [0.4, 0.5) is 4.48 Å². The average molecular weight is 223 g/mol. The highest BCUT2D eigenvalue weighted by Crippen LogP contribution is 2.22. The molecule has 0 bridgehead atoms. The van der Waals surface area contributed by atoms with Crippen molar-refractivity contribution in [1.82, 2.24) is 4.79 Å². The summed E-state index contributed by atoms with van der Waals surface area (Å²) in [5.74, 6) is -1.93. The van der Waals surface area contributed by atoms with E-state index in [0.29, 0.717) is 6.20 Å². The van der Waals surface area contributed by atoms with Crippen LogP contribution in [-0.4, -0.2) is 21.0 Å². The van der Waals surface area contributed by atoms with Gasteiger partial charge in [-0.2, -0.15) is 4.79 Å². The van der Waals surface area contributed by atoms with Gasteiger partial charge in [-0.05, 0) is 12.1 Å². The van der Waals surface area contributed by atoms with Crippen LogP contribution in [0.3, 0.4) is 0 Å². The van der Waals surface area contributed by atoms with Crippen molar-refractivity contribution >= 4 is 16.9 Å². The predicted octanol–water partition coefficient (Wildman–Crippen LogP) is 1.14. The third kappa shape index (κ3) is 1.31. The molecule has 0 saturated carbocycles. The van der Waals surface area contributed by atoms with Crippen molar-refractivity contribution in [1.29, 1.82) is 0 Å². The summed E-state index contributed by atoms with van der Waals surface area (Å²) >= 11 is 0. The summed E-state index contributed by atoms with van der Waals surface area (Å²) in [6.07, 6.45) is 0.534. The molecule has 0 spiro atoms. The molecular weight excluding hydrogens is 217 g/mol. The molecule has 1 aromatic carbocycles. The Morgan fingerprint density at radius 1 is 1.38 bits per heavy atom. The Hall–Kier alpha value is -2.37. The van der Waals surface area contributed by atoms with Gasteiger partial charge in [0.15, 0.2) is 0 Å². The van der Waals surface area contributed by atoms with E-state index >= 15 is 0 Å². The SMILES string of the molecule is O=C(O)c1cn(F)c2c(O)cccc2c1=O. The van der Waals surface area contributed by atoms with E-state index in [1.54, 1.807) is 0 Å². The van der Waals surface area contributed by atoms with Crippen molar-refractivity contribution in [3.05, 3.63) is 40.2 Å². The molecule has 0 fully saturated rings. The van der Waals surface area contributed by atoms with Gasteiger partial charge in [-0.25, -0.2) is 4.79 Å². The van der Waals surface area contributed by atoms with E-state index in [2.05, 4.69) is 0 Å². The lowest BCUT2D eigenvalue weighted by molar-refractivity contribution is 0.0693. The number of aromatic nitrogens is 1. The lowest BCUT2D eigenvalue weighted by Gasteiger charge is -2.04. The molecule has 82 valence electrons. The quantitative estimate of drug-likeness (QED) is 0.759. The molecule has 6 heteroatoms. The Balaban J connectivity index is 3.02. The van der Waals surface area contributed by atoms with Gasteiger partial charge in [0.05, 0.1) is 11.6 Å². The zero-order valence-electron chi connectivity index (χ0n) is 7.85. The van der Waals surface area contributed by atoms with Crippen LogP contribution in [0.1, 0.15) is 10.4 Å². The first-order chi connectivity index (χ1) is 7.52. The second kappa shape index (κ2) is 3.34. The average Bonchev–Trinajstić information content (AvgIpc) is 2.22. The number of hydrogen-bond acceptors (Lipinski definition) is 3. The van der Waals surface area contributed by atoms with Crippen molar-refractivity contribution in [3.8, 4) is 5.75 Å². The van der Waals surface area contributed by atoms with Gasteiger partial charge < -0.3 is 10.2 Å². The maximum atomic E-state index is 13.4. The van der Waals surface area contributed by atoms with Crippen LogP contribution < -0.4 is 5.43 Å². The van der Waals surface area contributed by atoms with Crippen molar-refractivity contribution in [2.45, 2.75) is 0 Å². The van der Waals surface area contributed by atoms with Crippen molar-refractivity contribution < 1.29 is 19.5 Å². The van der Waals surface area contributed by atoms with E-state index in [4.69, 9.17) is 5.11 Å². The highest BCUT2D eigenvalue weighted by molar-refractivity contribution is 5.93. The van der Waals surface area contributed by atoms with Crippen LogP contribution in [0.15, 0.2) is 29.2 Å². The number of aromatic carboxylic acids is 1. The fourth-order valence-electron chi connectivity index (χ4n) is 1.47. The number of aromatic hydroxyl groups is 1. The molecule has 0 radical (unpaired) electrons. The zero-order chi connectivity index (χ0) is 11.9. The normalized spacial score (nSPS) is 10.6. The number of fused-ring (bicyclic) bond motifs is 1. The van der Waals surface area contributed by atoms with Crippen molar-refractivity contribution in [2.24, 2.45) is 0 Å². The Kier molecular flexibility index (Phi) is 2.12. The molecule has 16 heavy (non-hydrogen) atoms. The van der Waals surface area contributed by atoms with Gasteiger partial charge in [0.1, 0.15) is 16.8 Å². The lowest BCUT2D eigenvalue weighted by Crippen LogP contribution is -2.16. The smallest absolute Gasteiger partial charge is 0.341 e. The minimum atomic E-state index is -1.51. The maximum absolute atomic E-state index is 13.4. The molecule has 5 nitrogen and oxygen atoms in total. The minimum absolute atomic E-state index is 0.0739. The third-order valence-electron chi connectivity index (χ3n) is 2.19. The van der Waals surface area contributed by atoms with Gasteiger partial charge in [0.2, 0.25) is 5.43 Å². The van der Waals surface area contributed by atoms with E-state index < -0.39 is 22.7 Å². The summed E-state index contributed by atoms with van der Waals surface area (Å²) in [5.41, 5.74) is -1.84. The second-order valence-corrected chi connectivity index (χ2v) is 3.16. The highest BCUT2D eigenvalue weighted by atomic mass is 19.2. The molecule has 1 aromatic heterocycles. The Labute approximate surface area is 87.9 Å². The first-order valence-corrected chi connectivity index (χ1v) is 4.29. The molecule has 0 saturated heterocycles. The van der Waals surface area contributed by atoms with Crippen LogP contribution in [0, 0.1) is 0 Å². The van der Waals surface area contributed by atoms with E-state index in [0.717, 1.165) is 0 Å².